The van der Waals surface area contributed by atoms with Gasteiger partial charge in [0, 0.05) is 11.8 Å². The lowest BCUT2D eigenvalue weighted by molar-refractivity contribution is -0.114. The van der Waals surface area contributed by atoms with E-state index in [-0.39, 0.29) is 0 Å². The van der Waals surface area contributed by atoms with Crippen LogP contribution >= 0.6 is 0 Å². The number of rotatable bonds is 1. The smallest absolute Gasteiger partial charge is 0.246 e. The van der Waals surface area contributed by atoms with E-state index in [1.54, 1.807) is 18.4 Å². The van der Waals surface area contributed by atoms with Crippen molar-refractivity contribution in [3.8, 4) is 0 Å². The van der Waals surface area contributed by atoms with E-state index in [1.807, 2.05) is 0 Å². The monoisotopic (exact) mass is 151 g/mol. The summed E-state index contributed by atoms with van der Waals surface area (Å²) in [5.74, 6) is -0.422. The summed E-state index contributed by atoms with van der Waals surface area (Å²) in [6.45, 7) is 0.340. The molecule has 0 bridgehead atoms. The number of nitrogens with two attached hydrogens (primary N) is 1. The normalized spacial score (nSPS) is 16.2. The van der Waals surface area contributed by atoms with Crippen LogP contribution in [0.25, 0.3) is 0 Å². The first-order valence-electron chi connectivity index (χ1n) is 3.20. The van der Waals surface area contributed by atoms with E-state index in [4.69, 9.17) is 5.73 Å². The molecule has 0 saturated carbocycles. The number of primary amides is 1. The van der Waals surface area contributed by atoms with Gasteiger partial charge in [0.25, 0.3) is 0 Å². The van der Waals surface area contributed by atoms with Crippen molar-refractivity contribution in [1.82, 2.24) is 5.32 Å². The molecule has 0 aromatic rings. The molecule has 0 unspecified atom stereocenters. The minimum atomic E-state index is -0.422. The first-order valence-corrected chi connectivity index (χ1v) is 3.20. The minimum absolute atomic E-state index is 0.340. The van der Waals surface area contributed by atoms with Crippen molar-refractivity contribution < 1.29 is 4.79 Å². The Hall–Kier alpha value is -1.58. The zero-order valence-electron chi connectivity index (χ0n) is 5.95. The van der Waals surface area contributed by atoms with Crippen LogP contribution in [0.15, 0.2) is 28.9 Å². The Morgan fingerprint density at radius 2 is 2.55 bits per heavy atom. The van der Waals surface area contributed by atoms with Gasteiger partial charge in [-0.2, -0.15) is 0 Å². The molecule has 0 atom stereocenters. The molecule has 1 heterocycles. The number of hydrogen-bond donors (Lipinski definition) is 2. The molecule has 4 nitrogen and oxygen atoms in total. The molecule has 58 valence electrons. The molecule has 0 radical (unpaired) electrons. The predicted octanol–water partition coefficient (Wildman–Crippen LogP) is -0.457. The van der Waals surface area contributed by atoms with Crippen molar-refractivity contribution >= 4 is 12.2 Å². The van der Waals surface area contributed by atoms with Crippen molar-refractivity contribution in [1.29, 1.82) is 0 Å². The maximum absolute atomic E-state index is 10.6. The largest absolute Gasteiger partial charge is 0.366 e. The lowest BCUT2D eigenvalue weighted by atomic mass is 10.2. The molecule has 0 aliphatic carbocycles. The van der Waals surface area contributed by atoms with Crippen molar-refractivity contribution in [2.75, 3.05) is 6.54 Å². The SMILES string of the molecule is NC(=O)C1=CC=CNC=NC1. The van der Waals surface area contributed by atoms with Crippen LogP contribution in [0.1, 0.15) is 0 Å². The highest BCUT2D eigenvalue weighted by atomic mass is 16.1. The zero-order chi connectivity index (χ0) is 8.10. The lowest BCUT2D eigenvalue weighted by Crippen LogP contribution is -2.17. The molecule has 4 heteroatoms. The quantitative estimate of drug-likeness (QED) is 0.532. The van der Waals surface area contributed by atoms with E-state index >= 15 is 0 Å². The van der Waals surface area contributed by atoms with Crippen molar-refractivity contribution in [2.24, 2.45) is 10.7 Å². The molecule has 3 N–H and O–H groups in total. The van der Waals surface area contributed by atoms with Gasteiger partial charge >= 0.3 is 0 Å². The molecule has 0 spiro atoms. The number of nitrogens with one attached hydrogen (secondary N) is 1. The maximum atomic E-state index is 10.6. The molecular weight excluding hydrogens is 142 g/mol. The lowest BCUT2D eigenvalue weighted by Gasteiger charge is -1.99. The number of carbonyl (C=O) groups is 1. The van der Waals surface area contributed by atoms with Crippen LogP contribution in [-0.2, 0) is 4.79 Å². The summed E-state index contributed by atoms with van der Waals surface area (Å²) < 4.78 is 0. The van der Waals surface area contributed by atoms with Crippen LogP contribution in [-0.4, -0.2) is 18.8 Å². The van der Waals surface area contributed by atoms with Crippen molar-refractivity contribution in [2.45, 2.75) is 0 Å². The predicted molar refractivity (Wildman–Crippen MR) is 42.9 cm³/mol. The summed E-state index contributed by atoms with van der Waals surface area (Å²) in [6.07, 6.45) is 6.55. The average molecular weight is 151 g/mol. The Morgan fingerprint density at radius 1 is 1.73 bits per heavy atom. The zero-order valence-corrected chi connectivity index (χ0v) is 5.95. The van der Waals surface area contributed by atoms with Gasteiger partial charge in [0.15, 0.2) is 0 Å². The first-order chi connectivity index (χ1) is 5.30. The van der Waals surface area contributed by atoms with E-state index in [0.29, 0.717) is 12.1 Å². The van der Waals surface area contributed by atoms with Gasteiger partial charge in [-0.1, -0.05) is 6.08 Å². The summed E-state index contributed by atoms with van der Waals surface area (Å²) in [4.78, 5) is 14.5. The van der Waals surface area contributed by atoms with Crippen molar-refractivity contribution in [3.63, 3.8) is 0 Å². The fourth-order valence-electron chi connectivity index (χ4n) is 0.672. The van der Waals surface area contributed by atoms with Gasteiger partial charge in [-0.15, -0.1) is 0 Å². The van der Waals surface area contributed by atoms with Gasteiger partial charge in [0.1, 0.15) is 0 Å². The first kappa shape index (κ1) is 7.53. The second-order valence-corrected chi connectivity index (χ2v) is 2.05. The number of carbonyl (C=O) groups excluding carboxylic acids is 1. The van der Waals surface area contributed by atoms with Crippen LogP contribution in [0.5, 0.6) is 0 Å². The van der Waals surface area contributed by atoms with Gasteiger partial charge in [0.2, 0.25) is 5.91 Å². The second kappa shape index (κ2) is 3.55. The van der Waals surface area contributed by atoms with Crippen LogP contribution < -0.4 is 11.1 Å². The molecule has 0 saturated heterocycles. The molecule has 0 fully saturated rings. The third-order valence-electron chi connectivity index (χ3n) is 1.23. The molecule has 1 aliphatic rings. The summed E-state index contributed by atoms with van der Waals surface area (Å²) in [6, 6.07) is 0. The number of amides is 1. The van der Waals surface area contributed by atoms with Gasteiger partial charge in [-0.3, -0.25) is 9.79 Å². The standard InChI is InChI=1S/C7H9N3O/c8-7(11)6-2-1-3-9-5-10-4-6/h1-3,5H,4H2,(H2,8,11)(H,9,10). The van der Waals surface area contributed by atoms with Crippen LogP contribution in [0.2, 0.25) is 0 Å². The van der Waals surface area contributed by atoms with Crippen LogP contribution in [0, 0.1) is 0 Å². The highest BCUT2D eigenvalue weighted by molar-refractivity contribution is 5.93. The third-order valence-corrected chi connectivity index (χ3v) is 1.23. The Kier molecular flexibility index (Phi) is 2.43. The summed E-state index contributed by atoms with van der Waals surface area (Å²) >= 11 is 0. The molecular formula is C7H9N3O. The molecule has 0 aromatic heterocycles. The fourth-order valence-corrected chi connectivity index (χ4v) is 0.672. The highest BCUT2D eigenvalue weighted by Crippen LogP contribution is 1.95. The number of allylic oxidation sites excluding steroid dienone is 2. The van der Waals surface area contributed by atoms with Gasteiger partial charge in [-0.25, -0.2) is 0 Å². The molecule has 1 aliphatic heterocycles. The van der Waals surface area contributed by atoms with Crippen molar-refractivity contribution in [3.05, 3.63) is 23.9 Å². The van der Waals surface area contributed by atoms with E-state index in [2.05, 4.69) is 10.3 Å². The number of aliphatic imine (C=N–C) groups is 1. The number of hydrogen-bond acceptors (Lipinski definition) is 3. The molecule has 1 rings (SSSR count). The number of nitrogens with zero attached hydrogens (tertiary/aromatic N) is 1. The summed E-state index contributed by atoms with van der Waals surface area (Å²) in [7, 11) is 0. The Balaban J connectivity index is 2.76. The van der Waals surface area contributed by atoms with E-state index in [0.717, 1.165) is 0 Å². The fraction of sp³-hybridized carbons (Fsp3) is 0.143. The summed E-state index contributed by atoms with van der Waals surface area (Å²) in [5.41, 5.74) is 5.57. The summed E-state index contributed by atoms with van der Waals surface area (Å²) in [5, 5.41) is 2.78. The maximum Gasteiger partial charge on any atom is 0.246 e. The third kappa shape index (κ3) is 2.25. The topological polar surface area (TPSA) is 67.5 Å². The van der Waals surface area contributed by atoms with E-state index < -0.39 is 5.91 Å². The van der Waals surface area contributed by atoms with Gasteiger partial charge in [-0.05, 0) is 6.08 Å². The average Bonchev–Trinajstić information content (AvgIpc) is 1.84. The Labute approximate surface area is 64.5 Å². The Bertz CT molecular complexity index is 240. The Morgan fingerprint density at radius 3 is 3.27 bits per heavy atom. The highest BCUT2D eigenvalue weighted by Gasteiger charge is 2.01. The van der Waals surface area contributed by atoms with Gasteiger partial charge < -0.3 is 11.1 Å². The second-order valence-electron chi connectivity index (χ2n) is 2.05. The molecule has 11 heavy (non-hydrogen) atoms. The van der Waals surface area contributed by atoms with Crippen LogP contribution in [0.4, 0.5) is 0 Å². The molecule has 1 amide bonds. The van der Waals surface area contributed by atoms with E-state index in [9.17, 15) is 4.79 Å². The minimum Gasteiger partial charge on any atom is -0.366 e. The van der Waals surface area contributed by atoms with Gasteiger partial charge in [0.05, 0.1) is 12.9 Å². The molecule has 0 aromatic carbocycles. The van der Waals surface area contributed by atoms with E-state index in [1.165, 1.54) is 6.34 Å². The van der Waals surface area contributed by atoms with Crippen LogP contribution in [0.3, 0.4) is 0 Å².